The second-order valence-corrected chi connectivity index (χ2v) is 4.04. The molecule has 0 saturated heterocycles. The van der Waals surface area contributed by atoms with E-state index >= 15 is 0 Å². The van der Waals surface area contributed by atoms with Crippen molar-refractivity contribution in [3.05, 3.63) is 42.5 Å². The van der Waals surface area contributed by atoms with Crippen molar-refractivity contribution in [3.63, 3.8) is 0 Å². The normalized spacial score (nSPS) is 10.0. The Bertz CT molecular complexity index is 538. The van der Waals surface area contributed by atoms with E-state index in [1.807, 2.05) is 49.4 Å². The van der Waals surface area contributed by atoms with Gasteiger partial charge in [0.15, 0.2) is 0 Å². The van der Waals surface area contributed by atoms with Crippen molar-refractivity contribution < 1.29 is 9.47 Å². The summed E-state index contributed by atoms with van der Waals surface area (Å²) >= 11 is 0. The summed E-state index contributed by atoms with van der Waals surface area (Å²) in [4.78, 5) is 0. The van der Waals surface area contributed by atoms with E-state index in [-0.39, 0.29) is 0 Å². The van der Waals surface area contributed by atoms with E-state index in [1.54, 1.807) is 7.11 Å². The van der Waals surface area contributed by atoms with Gasteiger partial charge in [-0.05, 0) is 43.3 Å². The molecule has 0 aromatic heterocycles. The van der Waals surface area contributed by atoms with Crippen LogP contribution in [0.4, 0.5) is 17.1 Å². The van der Waals surface area contributed by atoms with Gasteiger partial charge in [-0.2, -0.15) is 0 Å². The number of nitrogens with two attached hydrogens (primary N) is 1. The van der Waals surface area contributed by atoms with Gasteiger partial charge in [0.05, 0.1) is 25.1 Å². The number of rotatable bonds is 5. The van der Waals surface area contributed by atoms with Crippen molar-refractivity contribution in [2.24, 2.45) is 0 Å². The molecule has 0 aliphatic heterocycles. The molecule has 0 aliphatic rings. The van der Waals surface area contributed by atoms with Crippen molar-refractivity contribution in [1.29, 1.82) is 0 Å². The minimum Gasteiger partial charge on any atom is -0.497 e. The van der Waals surface area contributed by atoms with Crippen LogP contribution in [0.25, 0.3) is 0 Å². The van der Waals surface area contributed by atoms with Crippen LogP contribution >= 0.6 is 0 Å². The van der Waals surface area contributed by atoms with Crippen LogP contribution in [-0.4, -0.2) is 13.7 Å². The molecule has 4 heteroatoms. The molecule has 0 saturated carbocycles. The molecule has 0 aliphatic carbocycles. The summed E-state index contributed by atoms with van der Waals surface area (Å²) in [6.07, 6.45) is 0. The van der Waals surface area contributed by atoms with E-state index < -0.39 is 0 Å². The third-order valence-corrected chi connectivity index (χ3v) is 2.70. The summed E-state index contributed by atoms with van der Waals surface area (Å²) < 4.78 is 10.6. The molecule has 2 rings (SSSR count). The minimum absolute atomic E-state index is 0.662. The fourth-order valence-electron chi connectivity index (χ4n) is 1.73. The van der Waals surface area contributed by atoms with Gasteiger partial charge in [-0.3, -0.25) is 0 Å². The highest BCUT2D eigenvalue weighted by Gasteiger charge is 2.02. The molecular weight excluding hydrogens is 240 g/mol. The first-order valence-corrected chi connectivity index (χ1v) is 6.16. The number of nitrogens with one attached hydrogen (secondary N) is 1. The first kappa shape index (κ1) is 13.1. The van der Waals surface area contributed by atoms with E-state index in [0.717, 1.165) is 22.9 Å². The SMILES string of the molecule is CCOc1ccc(Nc2cc(OC)ccc2N)cc1. The van der Waals surface area contributed by atoms with Gasteiger partial charge in [0.1, 0.15) is 11.5 Å². The monoisotopic (exact) mass is 258 g/mol. The molecule has 0 radical (unpaired) electrons. The Morgan fingerprint density at radius 3 is 2.37 bits per heavy atom. The molecular formula is C15H18N2O2. The summed E-state index contributed by atoms with van der Waals surface area (Å²) in [6, 6.07) is 13.2. The second-order valence-electron chi connectivity index (χ2n) is 4.04. The maximum atomic E-state index is 5.93. The molecule has 2 aromatic rings. The Kier molecular flexibility index (Phi) is 4.13. The molecule has 4 nitrogen and oxygen atoms in total. The number of hydrogen-bond acceptors (Lipinski definition) is 4. The Hall–Kier alpha value is -2.36. The zero-order chi connectivity index (χ0) is 13.7. The van der Waals surface area contributed by atoms with Gasteiger partial charge in [0.25, 0.3) is 0 Å². The lowest BCUT2D eigenvalue weighted by atomic mass is 10.2. The molecule has 0 amide bonds. The van der Waals surface area contributed by atoms with Gasteiger partial charge >= 0.3 is 0 Å². The summed E-state index contributed by atoms with van der Waals surface area (Å²) in [5, 5.41) is 3.26. The van der Waals surface area contributed by atoms with Gasteiger partial charge in [-0.1, -0.05) is 0 Å². The summed E-state index contributed by atoms with van der Waals surface area (Å²) in [6.45, 7) is 2.62. The largest absolute Gasteiger partial charge is 0.497 e. The molecule has 2 aromatic carbocycles. The van der Waals surface area contributed by atoms with Gasteiger partial charge in [0, 0.05) is 11.8 Å². The summed E-state index contributed by atoms with van der Waals surface area (Å²) in [7, 11) is 1.63. The molecule has 0 bridgehead atoms. The number of anilines is 3. The molecule has 0 fully saturated rings. The molecule has 0 heterocycles. The zero-order valence-electron chi connectivity index (χ0n) is 11.1. The highest BCUT2D eigenvalue weighted by atomic mass is 16.5. The van der Waals surface area contributed by atoms with Crippen molar-refractivity contribution >= 4 is 17.1 Å². The molecule has 0 unspecified atom stereocenters. The quantitative estimate of drug-likeness (QED) is 0.807. The average Bonchev–Trinajstić information content (AvgIpc) is 2.44. The number of nitrogen functional groups attached to an aromatic ring is 1. The standard InChI is InChI=1S/C15H18N2O2/c1-3-19-12-6-4-11(5-7-12)17-15-10-13(18-2)8-9-14(15)16/h4-10,17H,3,16H2,1-2H3. The Balaban J connectivity index is 2.16. The van der Waals surface area contributed by atoms with Crippen molar-refractivity contribution in [1.82, 2.24) is 0 Å². The van der Waals surface area contributed by atoms with Crippen LogP contribution in [-0.2, 0) is 0 Å². The number of methoxy groups -OCH3 is 1. The third kappa shape index (κ3) is 3.31. The van der Waals surface area contributed by atoms with E-state index in [1.165, 1.54) is 0 Å². The molecule has 3 N–H and O–H groups in total. The van der Waals surface area contributed by atoms with Gasteiger partial charge < -0.3 is 20.5 Å². The summed E-state index contributed by atoms with van der Waals surface area (Å²) in [5.41, 5.74) is 8.37. The topological polar surface area (TPSA) is 56.5 Å². The van der Waals surface area contributed by atoms with Crippen LogP contribution in [0.3, 0.4) is 0 Å². The lowest BCUT2D eigenvalue weighted by molar-refractivity contribution is 0.340. The van der Waals surface area contributed by atoms with Crippen LogP contribution in [0.1, 0.15) is 6.92 Å². The van der Waals surface area contributed by atoms with Crippen molar-refractivity contribution in [3.8, 4) is 11.5 Å². The molecule has 0 spiro atoms. The van der Waals surface area contributed by atoms with Gasteiger partial charge in [-0.15, -0.1) is 0 Å². The molecule has 100 valence electrons. The third-order valence-electron chi connectivity index (χ3n) is 2.70. The molecule has 19 heavy (non-hydrogen) atoms. The highest BCUT2D eigenvalue weighted by Crippen LogP contribution is 2.28. The Morgan fingerprint density at radius 2 is 1.74 bits per heavy atom. The number of benzene rings is 2. The minimum atomic E-state index is 0.662. The van der Waals surface area contributed by atoms with Crippen LogP contribution in [0.15, 0.2) is 42.5 Å². The second kappa shape index (κ2) is 6.00. The van der Waals surface area contributed by atoms with Crippen LogP contribution in [0.2, 0.25) is 0 Å². The van der Waals surface area contributed by atoms with E-state index in [9.17, 15) is 0 Å². The number of hydrogen-bond donors (Lipinski definition) is 2. The Morgan fingerprint density at radius 1 is 1.05 bits per heavy atom. The first-order valence-electron chi connectivity index (χ1n) is 6.16. The van der Waals surface area contributed by atoms with Gasteiger partial charge in [0.2, 0.25) is 0 Å². The van der Waals surface area contributed by atoms with Crippen LogP contribution < -0.4 is 20.5 Å². The maximum Gasteiger partial charge on any atom is 0.121 e. The van der Waals surface area contributed by atoms with E-state index in [4.69, 9.17) is 15.2 Å². The average molecular weight is 258 g/mol. The highest BCUT2D eigenvalue weighted by molar-refractivity contribution is 5.74. The van der Waals surface area contributed by atoms with Crippen LogP contribution in [0, 0.1) is 0 Å². The Labute approximate surface area is 113 Å². The predicted octanol–water partition coefficient (Wildman–Crippen LogP) is 3.42. The summed E-state index contributed by atoms with van der Waals surface area (Å²) in [5.74, 6) is 1.62. The lowest BCUT2D eigenvalue weighted by Gasteiger charge is -2.11. The van der Waals surface area contributed by atoms with Crippen molar-refractivity contribution in [2.75, 3.05) is 24.8 Å². The molecule has 0 atom stereocenters. The van der Waals surface area contributed by atoms with E-state index in [0.29, 0.717) is 12.3 Å². The van der Waals surface area contributed by atoms with Gasteiger partial charge in [-0.25, -0.2) is 0 Å². The number of ether oxygens (including phenoxy) is 2. The maximum absolute atomic E-state index is 5.93. The lowest BCUT2D eigenvalue weighted by Crippen LogP contribution is -1.97. The van der Waals surface area contributed by atoms with Crippen LogP contribution in [0.5, 0.6) is 11.5 Å². The van der Waals surface area contributed by atoms with E-state index in [2.05, 4.69) is 5.32 Å². The first-order chi connectivity index (χ1) is 9.22. The fraction of sp³-hybridized carbons (Fsp3) is 0.200. The smallest absolute Gasteiger partial charge is 0.121 e. The predicted molar refractivity (Wildman–Crippen MR) is 78.3 cm³/mol. The van der Waals surface area contributed by atoms with Crippen molar-refractivity contribution in [2.45, 2.75) is 6.92 Å². The fourth-order valence-corrected chi connectivity index (χ4v) is 1.73. The zero-order valence-corrected chi connectivity index (χ0v) is 11.1.